The number of guanidine groups is 2. The summed E-state index contributed by atoms with van der Waals surface area (Å²) < 4.78 is 0. The maximum Gasteiger partial charge on any atom is 0.251 e. The van der Waals surface area contributed by atoms with Crippen LogP contribution in [0.2, 0.25) is 0 Å². The number of hydrogen-bond donors (Lipinski definition) is 3. The van der Waals surface area contributed by atoms with Gasteiger partial charge in [0.15, 0.2) is 0 Å². The van der Waals surface area contributed by atoms with E-state index in [4.69, 9.17) is 11.5 Å². The third-order valence-electron chi connectivity index (χ3n) is 4.89. The van der Waals surface area contributed by atoms with E-state index in [0.717, 1.165) is 36.9 Å². The number of carbonyl (C=O) groups excluding carboxylic acids is 1. The number of carbonyl (C=O) groups is 1. The number of nitrogens with zero attached hydrogens (tertiary/aromatic N) is 3. The summed E-state index contributed by atoms with van der Waals surface area (Å²) in [5.74, 6) is 0.530. The highest BCUT2D eigenvalue weighted by Crippen LogP contribution is 2.40. The Morgan fingerprint density at radius 2 is 2.00 bits per heavy atom. The Hall–Kier alpha value is -2.57. The zero-order valence-corrected chi connectivity index (χ0v) is 14.9. The van der Waals surface area contributed by atoms with Crippen LogP contribution in [0.5, 0.6) is 0 Å². The van der Waals surface area contributed by atoms with E-state index in [-0.39, 0.29) is 11.9 Å². The predicted octanol–water partition coefficient (Wildman–Crippen LogP) is 1.85. The number of anilines is 1. The van der Waals surface area contributed by atoms with Crippen molar-refractivity contribution < 1.29 is 4.79 Å². The van der Waals surface area contributed by atoms with Crippen molar-refractivity contribution in [3.05, 3.63) is 29.3 Å². The molecule has 0 atom stereocenters. The van der Waals surface area contributed by atoms with Gasteiger partial charge in [-0.3, -0.25) is 9.69 Å². The van der Waals surface area contributed by atoms with E-state index in [1.165, 1.54) is 6.42 Å². The van der Waals surface area contributed by atoms with Crippen LogP contribution in [0.4, 0.5) is 5.69 Å². The van der Waals surface area contributed by atoms with Gasteiger partial charge in [-0.25, -0.2) is 4.99 Å². The van der Waals surface area contributed by atoms with Crippen LogP contribution in [0.15, 0.2) is 28.2 Å². The first kappa shape index (κ1) is 17.3. The molecule has 0 radical (unpaired) electrons. The standard InChI is InChI=1S/C18H26N6O/c1-3-21-15(25)13-7-8-14(12(2)11-13)24-17(20)22-16(19)23-18(24)9-5-4-6-10-18/h7-8,11H,3-6,9-10H2,1-2H3,(H,21,25)(H4,19,20,22,23). The van der Waals surface area contributed by atoms with E-state index in [0.29, 0.717) is 18.1 Å². The van der Waals surface area contributed by atoms with E-state index in [1.54, 1.807) is 0 Å². The molecular formula is C18H26N6O. The van der Waals surface area contributed by atoms with E-state index in [9.17, 15) is 4.79 Å². The first-order chi connectivity index (χ1) is 12.0. The van der Waals surface area contributed by atoms with Crippen LogP contribution >= 0.6 is 0 Å². The quantitative estimate of drug-likeness (QED) is 0.779. The molecule has 7 nitrogen and oxygen atoms in total. The topological polar surface area (TPSA) is 109 Å². The third-order valence-corrected chi connectivity index (χ3v) is 4.89. The van der Waals surface area contributed by atoms with Gasteiger partial charge in [-0.2, -0.15) is 4.99 Å². The predicted molar refractivity (Wildman–Crippen MR) is 101 cm³/mol. The van der Waals surface area contributed by atoms with Crippen LogP contribution in [-0.4, -0.2) is 30.0 Å². The molecule has 1 aromatic rings. The Labute approximate surface area is 148 Å². The normalized spacial score (nSPS) is 19.4. The van der Waals surface area contributed by atoms with Crippen molar-refractivity contribution >= 4 is 23.5 Å². The summed E-state index contributed by atoms with van der Waals surface area (Å²) in [4.78, 5) is 22.9. The van der Waals surface area contributed by atoms with Crippen molar-refractivity contribution in [1.82, 2.24) is 5.32 Å². The van der Waals surface area contributed by atoms with E-state index in [2.05, 4.69) is 15.3 Å². The van der Waals surface area contributed by atoms with Crippen molar-refractivity contribution in [1.29, 1.82) is 0 Å². The third kappa shape index (κ3) is 3.18. The van der Waals surface area contributed by atoms with Gasteiger partial charge in [-0.1, -0.05) is 6.42 Å². The summed E-state index contributed by atoms with van der Waals surface area (Å²) in [6, 6.07) is 5.63. The first-order valence-corrected chi connectivity index (χ1v) is 8.85. The van der Waals surface area contributed by atoms with Gasteiger partial charge in [0, 0.05) is 17.8 Å². The molecule has 0 aromatic heterocycles. The maximum absolute atomic E-state index is 12.1. The minimum Gasteiger partial charge on any atom is -0.369 e. The maximum atomic E-state index is 12.1. The van der Waals surface area contributed by atoms with Crippen LogP contribution in [0.1, 0.15) is 54.9 Å². The Kier molecular flexibility index (Phi) is 4.65. The minimum absolute atomic E-state index is 0.0768. The lowest BCUT2D eigenvalue weighted by atomic mass is 9.87. The molecule has 25 heavy (non-hydrogen) atoms. The van der Waals surface area contributed by atoms with E-state index in [1.807, 2.05) is 36.9 Å². The summed E-state index contributed by atoms with van der Waals surface area (Å²) in [6.07, 6.45) is 5.13. The fourth-order valence-electron chi connectivity index (χ4n) is 3.78. The Morgan fingerprint density at radius 3 is 2.64 bits per heavy atom. The number of nitrogens with one attached hydrogen (secondary N) is 1. The lowest BCUT2D eigenvalue weighted by Gasteiger charge is -2.46. The molecule has 1 aliphatic carbocycles. The molecule has 2 aliphatic rings. The highest BCUT2D eigenvalue weighted by Gasteiger charge is 2.43. The lowest BCUT2D eigenvalue weighted by molar-refractivity contribution is 0.0956. The summed E-state index contributed by atoms with van der Waals surface area (Å²) in [5, 5.41) is 2.82. The van der Waals surface area contributed by atoms with Crippen molar-refractivity contribution in [2.45, 2.75) is 51.6 Å². The average molecular weight is 342 g/mol. The molecule has 3 rings (SSSR count). The first-order valence-electron chi connectivity index (χ1n) is 8.85. The van der Waals surface area contributed by atoms with Crippen LogP contribution in [0, 0.1) is 6.92 Å². The fourth-order valence-corrected chi connectivity index (χ4v) is 3.78. The Bertz CT molecular complexity index is 733. The molecule has 0 bridgehead atoms. The van der Waals surface area contributed by atoms with Gasteiger partial charge in [0.25, 0.3) is 5.91 Å². The van der Waals surface area contributed by atoms with Gasteiger partial charge in [-0.05, 0) is 63.3 Å². The van der Waals surface area contributed by atoms with Crippen molar-refractivity contribution in [3.63, 3.8) is 0 Å². The number of rotatable bonds is 3. The van der Waals surface area contributed by atoms with Crippen LogP contribution < -0.4 is 21.7 Å². The van der Waals surface area contributed by atoms with Crippen LogP contribution in [-0.2, 0) is 0 Å². The van der Waals surface area contributed by atoms with Gasteiger partial charge in [0.2, 0.25) is 11.9 Å². The highest BCUT2D eigenvalue weighted by molar-refractivity contribution is 6.06. The molecule has 1 heterocycles. The molecule has 7 heteroatoms. The molecule has 1 amide bonds. The molecule has 1 aliphatic heterocycles. The summed E-state index contributed by atoms with van der Waals surface area (Å²) >= 11 is 0. The number of hydrogen-bond acceptors (Lipinski definition) is 6. The average Bonchev–Trinajstić information content (AvgIpc) is 2.56. The van der Waals surface area contributed by atoms with Gasteiger partial charge in [-0.15, -0.1) is 0 Å². The monoisotopic (exact) mass is 342 g/mol. The second-order valence-electron chi connectivity index (χ2n) is 6.68. The van der Waals surface area contributed by atoms with Crippen molar-refractivity contribution in [2.24, 2.45) is 21.5 Å². The smallest absolute Gasteiger partial charge is 0.251 e. The summed E-state index contributed by atoms with van der Waals surface area (Å²) in [7, 11) is 0. The SMILES string of the molecule is CCNC(=O)c1ccc(N2C(N)=NC(N)=NC23CCCCC3)c(C)c1. The zero-order valence-electron chi connectivity index (χ0n) is 14.9. The summed E-state index contributed by atoms with van der Waals surface area (Å²) in [5.41, 5.74) is 14.2. The molecule has 5 N–H and O–H groups in total. The second kappa shape index (κ2) is 6.74. The second-order valence-corrected chi connectivity index (χ2v) is 6.68. The van der Waals surface area contributed by atoms with Crippen molar-refractivity contribution in [3.8, 4) is 0 Å². The molecule has 1 fully saturated rings. The van der Waals surface area contributed by atoms with E-state index < -0.39 is 5.66 Å². The molecule has 1 spiro atoms. The van der Waals surface area contributed by atoms with Gasteiger partial charge >= 0.3 is 0 Å². The molecular weight excluding hydrogens is 316 g/mol. The van der Waals surface area contributed by atoms with Gasteiger partial charge < -0.3 is 16.8 Å². The number of amides is 1. The fraction of sp³-hybridized carbons (Fsp3) is 0.500. The Balaban J connectivity index is 2.01. The summed E-state index contributed by atoms with van der Waals surface area (Å²) in [6.45, 7) is 4.48. The van der Waals surface area contributed by atoms with Crippen molar-refractivity contribution in [2.75, 3.05) is 11.4 Å². The molecule has 0 saturated heterocycles. The minimum atomic E-state index is -0.466. The lowest BCUT2D eigenvalue weighted by Crippen LogP contribution is -2.58. The zero-order chi connectivity index (χ0) is 18.0. The largest absolute Gasteiger partial charge is 0.369 e. The molecule has 0 unspecified atom stereocenters. The molecule has 1 saturated carbocycles. The van der Waals surface area contributed by atoms with E-state index >= 15 is 0 Å². The molecule has 1 aromatic carbocycles. The highest BCUT2D eigenvalue weighted by atomic mass is 16.1. The Morgan fingerprint density at radius 1 is 1.28 bits per heavy atom. The number of nitrogens with two attached hydrogens (primary N) is 2. The number of aliphatic imine (C=N–C) groups is 2. The van der Waals surface area contributed by atoms with Crippen LogP contribution in [0.25, 0.3) is 0 Å². The number of benzene rings is 1. The number of aryl methyl sites for hydroxylation is 1. The molecule has 134 valence electrons. The van der Waals surface area contributed by atoms with Crippen LogP contribution in [0.3, 0.4) is 0 Å². The van der Waals surface area contributed by atoms with Gasteiger partial charge in [0.1, 0.15) is 5.66 Å². The van der Waals surface area contributed by atoms with Gasteiger partial charge in [0.05, 0.1) is 0 Å².